The first kappa shape index (κ1) is 25.1. The first-order valence-electron chi connectivity index (χ1n) is 11.2. The Balaban J connectivity index is 1.43. The predicted molar refractivity (Wildman–Crippen MR) is 123 cm³/mol. The van der Waals surface area contributed by atoms with E-state index < -0.39 is 29.6 Å². The van der Waals surface area contributed by atoms with Crippen LogP contribution in [0.5, 0.6) is 0 Å². The minimum Gasteiger partial charge on any atom is -0.383 e. The van der Waals surface area contributed by atoms with E-state index >= 15 is 0 Å². The molecule has 190 valence electrons. The van der Waals surface area contributed by atoms with Gasteiger partial charge in [-0.15, -0.1) is 0 Å². The summed E-state index contributed by atoms with van der Waals surface area (Å²) in [6, 6.07) is 4.83. The Hall–Kier alpha value is -4.00. The molecule has 10 nitrogen and oxygen atoms in total. The monoisotopic (exact) mass is 503 g/mol. The Labute approximate surface area is 204 Å². The number of nitrogen functional groups attached to an aromatic ring is 1. The number of nitrogens with two attached hydrogens (primary N) is 1. The van der Waals surface area contributed by atoms with Crippen molar-refractivity contribution < 1.29 is 27.3 Å². The summed E-state index contributed by atoms with van der Waals surface area (Å²) in [5.74, 6) is -1.29. The first-order valence-corrected chi connectivity index (χ1v) is 11.2. The number of anilines is 2. The molecule has 1 fully saturated rings. The normalized spacial score (nSPS) is 15.0. The lowest BCUT2D eigenvalue weighted by Gasteiger charge is -2.18. The summed E-state index contributed by atoms with van der Waals surface area (Å²) in [6.07, 6.45) is -1.19. The van der Waals surface area contributed by atoms with Gasteiger partial charge in [-0.3, -0.25) is 14.5 Å². The molecule has 1 atom stereocenters. The van der Waals surface area contributed by atoms with Crippen LogP contribution in [0.3, 0.4) is 0 Å². The highest BCUT2D eigenvalue weighted by Crippen LogP contribution is 2.30. The summed E-state index contributed by atoms with van der Waals surface area (Å²) >= 11 is 0. The van der Waals surface area contributed by atoms with E-state index in [-0.39, 0.29) is 28.7 Å². The van der Waals surface area contributed by atoms with E-state index in [1.54, 1.807) is 6.92 Å². The highest BCUT2D eigenvalue weighted by atomic mass is 19.4. The molecule has 4 rings (SSSR count). The Morgan fingerprint density at radius 1 is 1.17 bits per heavy atom. The van der Waals surface area contributed by atoms with E-state index in [2.05, 4.69) is 30.7 Å². The second-order valence-corrected chi connectivity index (χ2v) is 8.41. The van der Waals surface area contributed by atoms with Crippen LogP contribution < -0.4 is 16.4 Å². The van der Waals surface area contributed by atoms with Crippen LogP contribution >= 0.6 is 0 Å². The molecule has 3 heterocycles. The number of amides is 2. The maximum atomic E-state index is 13.0. The van der Waals surface area contributed by atoms with Crippen molar-refractivity contribution in [3.63, 3.8) is 0 Å². The summed E-state index contributed by atoms with van der Waals surface area (Å²) in [6.45, 7) is 3.88. The second kappa shape index (κ2) is 10.3. The van der Waals surface area contributed by atoms with E-state index in [0.29, 0.717) is 12.1 Å². The lowest BCUT2D eigenvalue weighted by Crippen LogP contribution is -2.30. The zero-order valence-electron chi connectivity index (χ0n) is 19.3. The molecule has 0 saturated carbocycles. The van der Waals surface area contributed by atoms with E-state index in [4.69, 9.17) is 10.3 Å². The van der Waals surface area contributed by atoms with Gasteiger partial charge in [0.15, 0.2) is 0 Å². The number of nitrogens with one attached hydrogen (secondary N) is 2. The maximum Gasteiger partial charge on any atom is 0.416 e. The number of carbonyl (C=O) groups is 2. The third-order valence-corrected chi connectivity index (χ3v) is 5.77. The SMILES string of the molecule is CC(NC(=O)c1ncnc(N)c1CN1CCCC1)c1cc(C(=O)Nc2cccc(C(F)(F)F)c2)on1. The molecule has 13 heteroatoms. The number of likely N-dealkylation sites (tertiary alicyclic amines) is 1. The number of rotatable bonds is 7. The molecule has 1 aliphatic heterocycles. The van der Waals surface area contributed by atoms with Gasteiger partial charge in [-0.2, -0.15) is 13.2 Å². The number of alkyl halides is 3. The molecule has 2 amide bonds. The topological polar surface area (TPSA) is 139 Å². The van der Waals surface area contributed by atoms with Crippen LogP contribution in [-0.4, -0.2) is 44.9 Å². The average molecular weight is 503 g/mol. The van der Waals surface area contributed by atoms with Crippen LogP contribution in [0.25, 0.3) is 0 Å². The Bertz CT molecular complexity index is 1260. The van der Waals surface area contributed by atoms with Crippen molar-refractivity contribution >= 4 is 23.3 Å². The minimum absolute atomic E-state index is 0.0546. The molecule has 0 aliphatic carbocycles. The quantitative estimate of drug-likeness (QED) is 0.446. The van der Waals surface area contributed by atoms with Crippen LogP contribution in [0.2, 0.25) is 0 Å². The van der Waals surface area contributed by atoms with E-state index in [0.717, 1.165) is 38.1 Å². The van der Waals surface area contributed by atoms with Gasteiger partial charge in [0.2, 0.25) is 5.76 Å². The minimum atomic E-state index is -4.55. The summed E-state index contributed by atoms with van der Waals surface area (Å²) in [4.78, 5) is 35.7. The highest BCUT2D eigenvalue weighted by molar-refractivity contribution is 6.02. The van der Waals surface area contributed by atoms with Crippen LogP contribution in [0.1, 0.15) is 63.7 Å². The van der Waals surface area contributed by atoms with Gasteiger partial charge in [0.1, 0.15) is 23.5 Å². The Morgan fingerprint density at radius 2 is 1.92 bits per heavy atom. The molecule has 1 unspecified atom stereocenters. The average Bonchev–Trinajstić information content (AvgIpc) is 3.52. The lowest BCUT2D eigenvalue weighted by atomic mass is 10.1. The fourth-order valence-electron chi connectivity index (χ4n) is 3.85. The van der Waals surface area contributed by atoms with Gasteiger partial charge in [-0.25, -0.2) is 9.97 Å². The van der Waals surface area contributed by atoms with Gasteiger partial charge in [0, 0.05) is 23.9 Å². The number of hydrogen-bond donors (Lipinski definition) is 3. The molecule has 2 aromatic heterocycles. The van der Waals surface area contributed by atoms with Crippen molar-refractivity contribution in [2.24, 2.45) is 0 Å². The maximum absolute atomic E-state index is 13.0. The predicted octanol–water partition coefficient (Wildman–Crippen LogP) is 3.40. The number of benzene rings is 1. The molecule has 0 spiro atoms. The summed E-state index contributed by atoms with van der Waals surface area (Å²) in [5.41, 5.74) is 5.98. The molecule has 0 radical (unpaired) electrons. The third kappa shape index (κ3) is 5.79. The third-order valence-electron chi connectivity index (χ3n) is 5.77. The van der Waals surface area contributed by atoms with Gasteiger partial charge in [0.25, 0.3) is 11.8 Å². The van der Waals surface area contributed by atoms with Gasteiger partial charge in [-0.1, -0.05) is 11.2 Å². The summed E-state index contributed by atoms with van der Waals surface area (Å²) in [7, 11) is 0. The van der Waals surface area contributed by atoms with Gasteiger partial charge < -0.3 is 20.9 Å². The van der Waals surface area contributed by atoms with Crippen molar-refractivity contribution in [2.45, 2.75) is 38.5 Å². The molecular weight excluding hydrogens is 479 g/mol. The summed E-state index contributed by atoms with van der Waals surface area (Å²) < 4.78 is 43.8. The molecule has 3 aromatic rings. The number of aromatic nitrogens is 3. The van der Waals surface area contributed by atoms with E-state index in [9.17, 15) is 22.8 Å². The Morgan fingerprint density at radius 3 is 2.64 bits per heavy atom. The fourth-order valence-corrected chi connectivity index (χ4v) is 3.85. The van der Waals surface area contributed by atoms with Crippen LogP contribution in [-0.2, 0) is 12.7 Å². The van der Waals surface area contributed by atoms with Gasteiger partial charge in [-0.05, 0) is 51.1 Å². The largest absolute Gasteiger partial charge is 0.416 e. The van der Waals surface area contributed by atoms with Crippen LogP contribution in [0, 0.1) is 0 Å². The molecule has 1 aliphatic rings. The van der Waals surface area contributed by atoms with E-state index in [1.165, 1.54) is 24.5 Å². The molecule has 1 aromatic carbocycles. The fraction of sp³-hybridized carbons (Fsp3) is 0.348. The van der Waals surface area contributed by atoms with Crippen molar-refractivity contribution in [1.29, 1.82) is 0 Å². The lowest BCUT2D eigenvalue weighted by molar-refractivity contribution is -0.137. The number of nitrogens with zero attached hydrogens (tertiary/aromatic N) is 4. The van der Waals surface area contributed by atoms with Crippen molar-refractivity contribution in [1.82, 2.24) is 25.3 Å². The second-order valence-electron chi connectivity index (χ2n) is 8.41. The zero-order valence-corrected chi connectivity index (χ0v) is 19.3. The highest BCUT2D eigenvalue weighted by Gasteiger charge is 2.30. The van der Waals surface area contributed by atoms with Gasteiger partial charge in [0.05, 0.1) is 11.6 Å². The molecule has 36 heavy (non-hydrogen) atoms. The zero-order chi connectivity index (χ0) is 25.9. The van der Waals surface area contributed by atoms with Crippen molar-refractivity contribution in [2.75, 3.05) is 24.1 Å². The smallest absolute Gasteiger partial charge is 0.383 e. The number of halogens is 3. The standard InChI is InChI=1S/C23H24F3N7O3/c1-13(30-22(35)19-16(20(27)29-12-28-19)11-33-7-2-3-8-33)17-10-18(36-32-17)21(34)31-15-6-4-5-14(9-15)23(24,25)26/h4-6,9-10,12-13H,2-3,7-8,11H2,1H3,(H,30,35)(H,31,34)(H2,27,28,29). The summed E-state index contributed by atoms with van der Waals surface area (Å²) in [5, 5.41) is 8.90. The van der Waals surface area contributed by atoms with E-state index in [1.807, 2.05) is 0 Å². The van der Waals surface area contributed by atoms with Crippen molar-refractivity contribution in [3.8, 4) is 0 Å². The number of hydrogen-bond acceptors (Lipinski definition) is 8. The first-order chi connectivity index (χ1) is 17.1. The van der Waals surface area contributed by atoms with Crippen LogP contribution in [0.15, 0.2) is 41.2 Å². The molecule has 0 bridgehead atoms. The van der Waals surface area contributed by atoms with Gasteiger partial charge >= 0.3 is 6.18 Å². The molecule has 4 N–H and O–H groups in total. The molecule has 1 saturated heterocycles. The number of carbonyl (C=O) groups excluding carboxylic acids is 2. The Kier molecular flexibility index (Phi) is 7.20. The van der Waals surface area contributed by atoms with Crippen LogP contribution in [0.4, 0.5) is 24.7 Å². The molecular formula is C23H24F3N7O3. The van der Waals surface area contributed by atoms with Crippen molar-refractivity contribution in [3.05, 3.63) is 64.9 Å².